The standard InChI is InChI=1S/C13H24ClN3O2/c1-10(14)13(18)16-9-11-2-3-12(15-8-11)17-4-6-19-7-5-17/h10-12,15H,2-9H2,1H3,(H,16,18)/t10-,11+,12-/m0/s1. The van der Waals surface area contributed by atoms with E-state index in [9.17, 15) is 4.79 Å². The summed E-state index contributed by atoms with van der Waals surface area (Å²) in [6.45, 7) is 7.09. The van der Waals surface area contributed by atoms with E-state index in [1.165, 1.54) is 0 Å². The van der Waals surface area contributed by atoms with Gasteiger partial charge in [0.05, 0.1) is 19.4 Å². The second kappa shape index (κ2) is 7.43. The summed E-state index contributed by atoms with van der Waals surface area (Å²) in [5, 5.41) is 6.03. The average Bonchev–Trinajstić information content (AvgIpc) is 2.46. The van der Waals surface area contributed by atoms with Gasteiger partial charge in [-0.3, -0.25) is 9.69 Å². The van der Waals surface area contributed by atoms with Crippen LogP contribution in [0.1, 0.15) is 19.8 Å². The molecule has 0 bridgehead atoms. The Morgan fingerprint density at radius 2 is 2.21 bits per heavy atom. The van der Waals surface area contributed by atoms with E-state index >= 15 is 0 Å². The molecule has 2 aliphatic rings. The van der Waals surface area contributed by atoms with Gasteiger partial charge in [0.2, 0.25) is 5.91 Å². The third-order valence-electron chi connectivity index (χ3n) is 3.90. The first-order chi connectivity index (χ1) is 9.16. The molecule has 2 saturated heterocycles. The zero-order valence-corrected chi connectivity index (χ0v) is 12.3. The van der Waals surface area contributed by atoms with Gasteiger partial charge >= 0.3 is 0 Å². The Kier molecular flexibility index (Phi) is 5.88. The van der Waals surface area contributed by atoms with Crippen molar-refractivity contribution in [2.45, 2.75) is 31.3 Å². The lowest BCUT2D eigenvalue weighted by Crippen LogP contribution is -2.54. The minimum atomic E-state index is -0.447. The monoisotopic (exact) mass is 289 g/mol. The van der Waals surface area contributed by atoms with E-state index in [1.54, 1.807) is 6.92 Å². The number of hydrogen-bond acceptors (Lipinski definition) is 4. The Balaban J connectivity index is 1.66. The van der Waals surface area contributed by atoms with Gasteiger partial charge in [-0.2, -0.15) is 0 Å². The number of halogens is 1. The van der Waals surface area contributed by atoms with Crippen LogP contribution >= 0.6 is 11.6 Å². The summed E-state index contributed by atoms with van der Waals surface area (Å²) >= 11 is 5.72. The fourth-order valence-electron chi connectivity index (χ4n) is 2.66. The first kappa shape index (κ1) is 15.0. The molecule has 2 heterocycles. The molecule has 0 saturated carbocycles. The molecule has 2 rings (SSSR count). The smallest absolute Gasteiger partial charge is 0.237 e. The van der Waals surface area contributed by atoms with Crippen molar-refractivity contribution in [3.8, 4) is 0 Å². The molecule has 5 nitrogen and oxygen atoms in total. The molecule has 2 N–H and O–H groups in total. The molecule has 0 spiro atoms. The molecule has 0 aromatic heterocycles. The van der Waals surface area contributed by atoms with Crippen LogP contribution in [-0.2, 0) is 9.53 Å². The zero-order chi connectivity index (χ0) is 13.7. The number of alkyl halides is 1. The van der Waals surface area contributed by atoms with E-state index in [0.717, 1.165) is 52.2 Å². The molecule has 110 valence electrons. The largest absolute Gasteiger partial charge is 0.379 e. The Hall–Kier alpha value is -0.360. The molecule has 3 atom stereocenters. The highest BCUT2D eigenvalue weighted by molar-refractivity contribution is 6.30. The van der Waals surface area contributed by atoms with E-state index in [1.807, 2.05) is 0 Å². The predicted octanol–water partition coefficient (Wildman–Crippen LogP) is 0.388. The Morgan fingerprint density at radius 3 is 2.79 bits per heavy atom. The number of amides is 1. The number of carbonyl (C=O) groups is 1. The number of ether oxygens (including phenoxy) is 1. The molecule has 1 amide bonds. The third kappa shape index (κ3) is 4.60. The number of hydrogen-bond donors (Lipinski definition) is 2. The molecule has 0 radical (unpaired) electrons. The summed E-state index contributed by atoms with van der Waals surface area (Å²) < 4.78 is 5.37. The van der Waals surface area contributed by atoms with Crippen molar-refractivity contribution in [3.05, 3.63) is 0 Å². The van der Waals surface area contributed by atoms with Crippen LogP contribution in [0.25, 0.3) is 0 Å². The molecular weight excluding hydrogens is 266 g/mol. The number of nitrogens with zero attached hydrogens (tertiary/aromatic N) is 1. The molecular formula is C13H24ClN3O2. The van der Waals surface area contributed by atoms with Gasteiger partial charge in [-0.1, -0.05) is 0 Å². The lowest BCUT2D eigenvalue weighted by atomic mass is 9.97. The summed E-state index contributed by atoms with van der Waals surface area (Å²) in [5.74, 6) is 0.439. The van der Waals surface area contributed by atoms with Crippen molar-refractivity contribution in [2.75, 3.05) is 39.4 Å². The fraction of sp³-hybridized carbons (Fsp3) is 0.923. The minimum Gasteiger partial charge on any atom is -0.379 e. The van der Waals surface area contributed by atoms with Gasteiger partial charge in [0.25, 0.3) is 0 Å². The van der Waals surface area contributed by atoms with Crippen molar-refractivity contribution in [1.29, 1.82) is 0 Å². The maximum Gasteiger partial charge on any atom is 0.237 e. The quantitative estimate of drug-likeness (QED) is 0.735. The Labute approximate surface area is 120 Å². The van der Waals surface area contributed by atoms with Crippen LogP contribution in [0.15, 0.2) is 0 Å². The van der Waals surface area contributed by atoms with E-state index < -0.39 is 5.38 Å². The first-order valence-corrected chi connectivity index (χ1v) is 7.57. The highest BCUT2D eigenvalue weighted by Gasteiger charge is 2.26. The van der Waals surface area contributed by atoms with Crippen LogP contribution in [0.2, 0.25) is 0 Å². The van der Waals surface area contributed by atoms with E-state index in [4.69, 9.17) is 16.3 Å². The van der Waals surface area contributed by atoms with Crippen LogP contribution < -0.4 is 10.6 Å². The summed E-state index contributed by atoms with van der Waals surface area (Å²) in [6, 6.07) is 0. The number of rotatable bonds is 4. The number of nitrogens with one attached hydrogen (secondary N) is 2. The predicted molar refractivity (Wildman–Crippen MR) is 75.2 cm³/mol. The van der Waals surface area contributed by atoms with Crippen molar-refractivity contribution < 1.29 is 9.53 Å². The van der Waals surface area contributed by atoms with Crippen LogP contribution in [0, 0.1) is 5.92 Å². The van der Waals surface area contributed by atoms with Gasteiger partial charge in [-0.25, -0.2) is 0 Å². The third-order valence-corrected chi connectivity index (χ3v) is 4.10. The highest BCUT2D eigenvalue weighted by Crippen LogP contribution is 2.17. The molecule has 0 aromatic carbocycles. The molecule has 2 aliphatic heterocycles. The van der Waals surface area contributed by atoms with Gasteiger partial charge in [0.15, 0.2) is 0 Å². The summed E-state index contributed by atoms with van der Waals surface area (Å²) in [6.07, 6.45) is 2.76. The van der Waals surface area contributed by atoms with E-state index in [2.05, 4.69) is 15.5 Å². The van der Waals surface area contributed by atoms with Gasteiger partial charge in [0.1, 0.15) is 5.38 Å². The van der Waals surface area contributed by atoms with Crippen molar-refractivity contribution in [2.24, 2.45) is 5.92 Å². The molecule has 0 unspecified atom stereocenters. The van der Waals surface area contributed by atoms with Crippen LogP contribution in [-0.4, -0.2) is 61.7 Å². The Morgan fingerprint density at radius 1 is 1.47 bits per heavy atom. The molecule has 2 fully saturated rings. The van der Waals surface area contributed by atoms with Crippen LogP contribution in [0.4, 0.5) is 0 Å². The summed E-state index contributed by atoms with van der Waals surface area (Å²) in [7, 11) is 0. The minimum absolute atomic E-state index is 0.0723. The maximum atomic E-state index is 11.4. The lowest BCUT2D eigenvalue weighted by Gasteiger charge is -2.39. The van der Waals surface area contributed by atoms with E-state index in [-0.39, 0.29) is 5.91 Å². The van der Waals surface area contributed by atoms with Gasteiger partial charge in [-0.05, 0) is 25.7 Å². The van der Waals surface area contributed by atoms with Gasteiger partial charge in [0, 0.05) is 26.2 Å². The van der Waals surface area contributed by atoms with Crippen LogP contribution in [0.3, 0.4) is 0 Å². The summed E-state index contributed by atoms with van der Waals surface area (Å²) in [5.41, 5.74) is 0. The number of morpholine rings is 1. The SMILES string of the molecule is C[C@H](Cl)C(=O)NC[C@@H]1CC[C@H](N2CCOCC2)NC1. The molecule has 0 aromatic rings. The zero-order valence-electron chi connectivity index (χ0n) is 11.5. The lowest BCUT2D eigenvalue weighted by molar-refractivity contribution is -0.120. The van der Waals surface area contributed by atoms with Crippen molar-refractivity contribution >= 4 is 17.5 Å². The Bertz CT molecular complexity index is 288. The maximum absolute atomic E-state index is 11.4. The van der Waals surface area contributed by atoms with E-state index in [0.29, 0.717) is 12.1 Å². The normalized spacial score (nSPS) is 30.8. The molecule has 0 aliphatic carbocycles. The van der Waals surface area contributed by atoms with Gasteiger partial charge < -0.3 is 15.4 Å². The highest BCUT2D eigenvalue weighted by atomic mass is 35.5. The topological polar surface area (TPSA) is 53.6 Å². The van der Waals surface area contributed by atoms with Gasteiger partial charge in [-0.15, -0.1) is 11.6 Å². The number of carbonyl (C=O) groups excluding carboxylic acids is 1. The second-order valence-electron chi connectivity index (χ2n) is 5.38. The fourth-order valence-corrected chi connectivity index (χ4v) is 2.74. The second-order valence-corrected chi connectivity index (χ2v) is 6.03. The van der Waals surface area contributed by atoms with Crippen molar-refractivity contribution in [3.63, 3.8) is 0 Å². The number of piperidine rings is 1. The van der Waals surface area contributed by atoms with Crippen molar-refractivity contribution in [1.82, 2.24) is 15.5 Å². The average molecular weight is 290 g/mol. The van der Waals surface area contributed by atoms with Crippen LogP contribution in [0.5, 0.6) is 0 Å². The molecule has 6 heteroatoms. The first-order valence-electron chi connectivity index (χ1n) is 7.14. The molecule has 19 heavy (non-hydrogen) atoms. The summed E-state index contributed by atoms with van der Waals surface area (Å²) in [4.78, 5) is 13.9.